The molecule has 0 aromatic heterocycles. The summed E-state index contributed by atoms with van der Waals surface area (Å²) in [6.45, 7) is 1.62. The van der Waals surface area contributed by atoms with Crippen molar-refractivity contribution in [2.24, 2.45) is 0 Å². The average Bonchev–Trinajstić information content (AvgIpc) is 2.33. The number of sulfonamides is 1. The molecule has 1 rings (SSSR count). The van der Waals surface area contributed by atoms with Crippen LogP contribution in [0.3, 0.4) is 0 Å². The van der Waals surface area contributed by atoms with Crippen LogP contribution in [0.4, 0.5) is 13.2 Å². The molecule has 1 aromatic carbocycles. The number of hydrogen-bond donors (Lipinski definition) is 1. The third-order valence-electron chi connectivity index (χ3n) is 2.39. The highest BCUT2D eigenvalue weighted by molar-refractivity contribution is 7.89. The Labute approximate surface area is 120 Å². The molecule has 0 aliphatic heterocycles. The molecule has 0 saturated heterocycles. The number of ether oxygens (including phenoxy) is 1. The highest BCUT2D eigenvalue weighted by atomic mass is 32.2. The summed E-state index contributed by atoms with van der Waals surface area (Å²) in [5, 5.41) is 0. The number of benzene rings is 1. The van der Waals surface area contributed by atoms with Gasteiger partial charge in [-0.2, -0.15) is 0 Å². The summed E-state index contributed by atoms with van der Waals surface area (Å²) in [4.78, 5) is 9.77. The van der Waals surface area contributed by atoms with Crippen molar-refractivity contribution in [1.82, 2.24) is 4.72 Å². The van der Waals surface area contributed by atoms with Crippen LogP contribution in [0.1, 0.15) is 19.8 Å². The summed E-state index contributed by atoms with van der Waals surface area (Å²) in [6, 6.07) is 0.548. The van der Waals surface area contributed by atoms with Gasteiger partial charge in [0.1, 0.15) is 17.5 Å². The molecule has 9 heteroatoms. The zero-order chi connectivity index (χ0) is 16.0. The van der Waals surface area contributed by atoms with Gasteiger partial charge in [-0.15, -0.1) is 0 Å². The van der Waals surface area contributed by atoms with Crippen LogP contribution in [0, 0.1) is 17.5 Å². The average molecular weight is 325 g/mol. The van der Waals surface area contributed by atoms with Crippen LogP contribution in [0.5, 0.6) is 0 Å². The maximum absolute atomic E-state index is 13.4. The van der Waals surface area contributed by atoms with Crippen molar-refractivity contribution in [3.05, 3.63) is 29.6 Å². The quantitative estimate of drug-likeness (QED) is 0.612. The fraction of sp³-hybridized carbons (Fsp3) is 0.417. The minimum absolute atomic E-state index is 0.0370. The molecular weight excluding hydrogens is 311 g/mol. The van der Waals surface area contributed by atoms with E-state index in [0.29, 0.717) is 0 Å². The molecule has 0 atom stereocenters. The number of carbonyl (C=O) groups is 1. The minimum Gasteiger partial charge on any atom is -0.466 e. The van der Waals surface area contributed by atoms with Crippen LogP contribution >= 0.6 is 0 Å². The zero-order valence-corrected chi connectivity index (χ0v) is 12.0. The first-order chi connectivity index (χ1) is 9.77. The van der Waals surface area contributed by atoms with Gasteiger partial charge >= 0.3 is 5.97 Å². The van der Waals surface area contributed by atoms with Crippen LogP contribution in [0.25, 0.3) is 0 Å². The molecule has 0 spiro atoms. The van der Waals surface area contributed by atoms with E-state index in [1.807, 2.05) is 4.72 Å². The van der Waals surface area contributed by atoms with Crippen molar-refractivity contribution in [2.45, 2.75) is 24.7 Å². The van der Waals surface area contributed by atoms with E-state index in [-0.39, 0.29) is 38.1 Å². The molecular formula is C12H14F3NO4S. The van der Waals surface area contributed by atoms with Gasteiger partial charge in [-0.1, -0.05) is 0 Å². The van der Waals surface area contributed by atoms with Gasteiger partial charge in [0, 0.05) is 25.1 Å². The van der Waals surface area contributed by atoms with E-state index in [1.165, 1.54) is 0 Å². The zero-order valence-electron chi connectivity index (χ0n) is 11.2. The van der Waals surface area contributed by atoms with Gasteiger partial charge in [-0.3, -0.25) is 4.79 Å². The van der Waals surface area contributed by atoms with Gasteiger partial charge in [0.15, 0.2) is 4.90 Å². The van der Waals surface area contributed by atoms with Crippen molar-refractivity contribution in [2.75, 3.05) is 13.2 Å². The van der Waals surface area contributed by atoms with Crippen molar-refractivity contribution in [3.8, 4) is 0 Å². The fourth-order valence-electron chi connectivity index (χ4n) is 1.53. The lowest BCUT2D eigenvalue weighted by atomic mass is 10.3. The maximum Gasteiger partial charge on any atom is 0.305 e. The van der Waals surface area contributed by atoms with Crippen molar-refractivity contribution in [1.29, 1.82) is 0 Å². The predicted molar refractivity (Wildman–Crippen MR) is 67.4 cm³/mol. The van der Waals surface area contributed by atoms with E-state index in [0.717, 1.165) is 0 Å². The van der Waals surface area contributed by atoms with E-state index in [9.17, 15) is 26.4 Å². The summed E-state index contributed by atoms with van der Waals surface area (Å²) in [5.41, 5.74) is 0. The summed E-state index contributed by atoms with van der Waals surface area (Å²) >= 11 is 0. The number of esters is 1. The van der Waals surface area contributed by atoms with E-state index in [4.69, 9.17) is 0 Å². The van der Waals surface area contributed by atoms with Gasteiger partial charge in [0.05, 0.1) is 6.61 Å². The molecule has 0 radical (unpaired) electrons. The number of nitrogens with one attached hydrogen (secondary N) is 1. The molecule has 1 aromatic rings. The first-order valence-corrected chi connectivity index (χ1v) is 7.56. The summed E-state index contributed by atoms with van der Waals surface area (Å²) < 4.78 is 69.5. The first-order valence-electron chi connectivity index (χ1n) is 6.07. The lowest BCUT2D eigenvalue weighted by molar-refractivity contribution is -0.143. The first kappa shape index (κ1) is 17.4. The van der Waals surface area contributed by atoms with Crippen LogP contribution in [-0.2, 0) is 19.6 Å². The number of hydrogen-bond acceptors (Lipinski definition) is 4. The molecule has 0 bridgehead atoms. The Balaban J connectivity index is 2.69. The molecule has 0 aliphatic rings. The van der Waals surface area contributed by atoms with E-state index < -0.39 is 38.3 Å². The Morgan fingerprint density at radius 2 is 1.81 bits per heavy atom. The van der Waals surface area contributed by atoms with Crippen LogP contribution < -0.4 is 4.72 Å². The molecule has 1 N–H and O–H groups in total. The van der Waals surface area contributed by atoms with Gasteiger partial charge in [-0.25, -0.2) is 26.3 Å². The van der Waals surface area contributed by atoms with Gasteiger partial charge < -0.3 is 4.74 Å². The van der Waals surface area contributed by atoms with Gasteiger partial charge in [0.25, 0.3) is 0 Å². The van der Waals surface area contributed by atoms with Crippen LogP contribution in [0.2, 0.25) is 0 Å². The maximum atomic E-state index is 13.4. The molecule has 0 aliphatic carbocycles. The second-order valence-electron chi connectivity index (χ2n) is 4.00. The third-order valence-corrected chi connectivity index (χ3v) is 3.90. The lowest BCUT2D eigenvalue weighted by Gasteiger charge is -2.08. The van der Waals surface area contributed by atoms with Gasteiger partial charge in [0.2, 0.25) is 10.0 Å². The van der Waals surface area contributed by atoms with Crippen molar-refractivity contribution < 1.29 is 31.1 Å². The van der Waals surface area contributed by atoms with Gasteiger partial charge in [-0.05, 0) is 13.3 Å². The molecule has 0 heterocycles. The Morgan fingerprint density at radius 3 is 2.33 bits per heavy atom. The monoisotopic (exact) mass is 325 g/mol. The minimum atomic E-state index is -4.47. The Bertz CT molecular complexity index is 596. The molecule has 5 nitrogen and oxygen atoms in total. The lowest BCUT2D eigenvalue weighted by Crippen LogP contribution is -2.27. The second-order valence-corrected chi connectivity index (χ2v) is 5.71. The Kier molecular flexibility index (Phi) is 6.16. The normalized spacial score (nSPS) is 11.4. The highest BCUT2D eigenvalue weighted by Gasteiger charge is 2.24. The summed E-state index contributed by atoms with van der Waals surface area (Å²) in [5.74, 6) is -4.77. The standard InChI is InChI=1S/C12H14F3NO4S/c1-2-20-11(17)4-3-5-16-21(18,19)12-9(14)6-8(13)7-10(12)15/h6-7,16H,2-5H2,1H3. The largest absolute Gasteiger partial charge is 0.466 e. The number of carbonyl (C=O) groups excluding carboxylic acids is 1. The molecule has 118 valence electrons. The van der Waals surface area contributed by atoms with Crippen LogP contribution in [0.15, 0.2) is 17.0 Å². The van der Waals surface area contributed by atoms with E-state index in [2.05, 4.69) is 4.74 Å². The Morgan fingerprint density at radius 1 is 1.24 bits per heavy atom. The number of halogens is 3. The smallest absolute Gasteiger partial charge is 0.305 e. The second kappa shape index (κ2) is 7.41. The van der Waals surface area contributed by atoms with Crippen molar-refractivity contribution in [3.63, 3.8) is 0 Å². The fourth-order valence-corrected chi connectivity index (χ4v) is 2.72. The number of rotatable bonds is 7. The molecule has 0 fully saturated rings. The van der Waals surface area contributed by atoms with E-state index in [1.54, 1.807) is 6.92 Å². The van der Waals surface area contributed by atoms with Crippen LogP contribution in [-0.4, -0.2) is 27.5 Å². The summed E-state index contributed by atoms with van der Waals surface area (Å²) in [7, 11) is -4.47. The van der Waals surface area contributed by atoms with E-state index >= 15 is 0 Å². The topological polar surface area (TPSA) is 72.5 Å². The predicted octanol–water partition coefficient (Wildman–Crippen LogP) is 1.73. The SMILES string of the molecule is CCOC(=O)CCCNS(=O)(=O)c1c(F)cc(F)cc1F. The third kappa shape index (κ3) is 5.01. The molecule has 0 saturated carbocycles. The summed E-state index contributed by atoms with van der Waals surface area (Å²) in [6.07, 6.45) is 0.0627. The Hall–Kier alpha value is -1.61. The molecule has 0 amide bonds. The highest BCUT2D eigenvalue weighted by Crippen LogP contribution is 2.19. The molecule has 0 unspecified atom stereocenters. The molecule has 21 heavy (non-hydrogen) atoms. The van der Waals surface area contributed by atoms with Crippen molar-refractivity contribution >= 4 is 16.0 Å².